The van der Waals surface area contributed by atoms with Crippen LogP contribution in [0.5, 0.6) is 0 Å². The highest BCUT2D eigenvalue weighted by Gasteiger charge is 2.26. The topological polar surface area (TPSA) is 49.4 Å². The van der Waals surface area contributed by atoms with E-state index in [9.17, 15) is 9.59 Å². The molecule has 2 aromatic rings. The lowest BCUT2D eigenvalue weighted by Gasteiger charge is -2.29. The lowest BCUT2D eigenvalue weighted by Crippen LogP contribution is -2.49. The quantitative estimate of drug-likeness (QED) is 0.581. The Hall–Kier alpha value is -2.14. The van der Waals surface area contributed by atoms with Gasteiger partial charge in [-0.2, -0.15) is 0 Å². The molecule has 156 valence electrons. The number of aryl methyl sites for hydroxylation is 2. The lowest BCUT2D eigenvalue weighted by atomic mass is 10.0. The molecule has 2 rings (SSSR count). The van der Waals surface area contributed by atoms with E-state index in [0.717, 1.165) is 22.0 Å². The molecule has 0 aliphatic carbocycles. The van der Waals surface area contributed by atoms with Crippen LogP contribution in [0.15, 0.2) is 53.0 Å². The first-order valence-electron chi connectivity index (χ1n) is 10.2. The minimum Gasteiger partial charge on any atom is -0.352 e. The van der Waals surface area contributed by atoms with Crippen molar-refractivity contribution in [1.82, 2.24) is 10.2 Å². The van der Waals surface area contributed by atoms with Gasteiger partial charge in [0, 0.05) is 23.5 Å². The first-order chi connectivity index (χ1) is 13.8. The van der Waals surface area contributed by atoms with E-state index < -0.39 is 6.04 Å². The maximum Gasteiger partial charge on any atom is 0.242 e. The normalized spacial score (nSPS) is 11.9. The van der Waals surface area contributed by atoms with Crippen molar-refractivity contribution in [2.45, 2.75) is 65.6 Å². The molecule has 0 saturated carbocycles. The van der Waals surface area contributed by atoms with Gasteiger partial charge in [0.25, 0.3) is 0 Å². The number of hydrogen-bond acceptors (Lipinski definition) is 2. The van der Waals surface area contributed by atoms with E-state index in [1.165, 1.54) is 5.56 Å². The zero-order valence-electron chi connectivity index (χ0n) is 17.7. The second kappa shape index (κ2) is 11.1. The second-order valence-corrected chi connectivity index (χ2v) is 8.58. The highest BCUT2D eigenvalue weighted by Crippen LogP contribution is 2.17. The fraction of sp³-hybridized carbons (Fsp3) is 0.417. The third-order valence-electron chi connectivity index (χ3n) is 4.90. The average Bonchev–Trinajstić information content (AvgIpc) is 2.69. The molecule has 1 atom stereocenters. The first-order valence-corrected chi connectivity index (χ1v) is 11.0. The highest BCUT2D eigenvalue weighted by atomic mass is 79.9. The summed E-state index contributed by atoms with van der Waals surface area (Å²) in [6, 6.07) is 15.7. The predicted molar refractivity (Wildman–Crippen MR) is 122 cm³/mol. The Bertz CT molecular complexity index is 818. The van der Waals surface area contributed by atoms with Gasteiger partial charge in [-0.15, -0.1) is 0 Å². The second-order valence-electron chi connectivity index (χ2n) is 7.66. The van der Waals surface area contributed by atoms with Crippen LogP contribution in [-0.2, 0) is 29.0 Å². The van der Waals surface area contributed by atoms with Crippen LogP contribution in [0.4, 0.5) is 0 Å². The van der Waals surface area contributed by atoms with Crippen molar-refractivity contribution in [3.05, 3.63) is 69.7 Å². The van der Waals surface area contributed by atoms with Crippen molar-refractivity contribution >= 4 is 27.7 Å². The molecular weight excluding hydrogens is 428 g/mol. The monoisotopic (exact) mass is 458 g/mol. The molecule has 0 aliphatic rings. The van der Waals surface area contributed by atoms with Crippen LogP contribution in [0, 0.1) is 0 Å². The Labute approximate surface area is 182 Å². The Morgan fingerprint density at radius 3 is 2.24 bits per heavy atom. The highest BCUT2D eigenvalue weighted by molar-refractivity contribution is 9.10. The summed E-state index contributed by atoms with van der Waals surface area (Å²) in [6.45, 7) is 8.17. The molecule has 0 spiro atoms. The van der Waals surface area contributed by atoms with E-state index in [1.807, 2.05) is 38.1 Å². The number of carbonyl (C=O) groups excluding carboxylic acids is 2. The minimum absolute atomic E-state index is 0.0176. The van der Waals surface area contributed by atoms with Gasteiger partial charge in [0.05, 0.1) is 0 Å². The fourth-order valence-corrected chi connectivity index (χ4v) is 3.60. The smallest absolute Gasteiger partial charge is 0.242 e. The van der Waals surface area contributed by atoms with Crippen molar-refractivity contribution in [3.63, 3.8) is 0 Å². The molecule has 0 aliphatic heterocycles. The molecule has 2 aromatic carbocycles. The van der Waals surface area contributed by atoms with E-state index in [4.69, 9.17) is 0 Å². The first kappa shape index (κ1) is 23.1. The Balaban J connectivity index is 2.13. The Morgan fingerprint density at radius 1 is 1.00 bits per heavy atom. The van der Waals surface area contributed by atoms with Crippen molar-refractivity contribution < 1.29 is 9.59 Å². The summed E-state index contributed by atoms with van der Waals surface area (Å²) in [5.41, 5.74) is 3.41. The number of carbonyl (C=O) groups is 2. The molecule has 0 fully saturated rings. The number of benzene rings is 2. The molecule has 5 heteroatoms. The molecule has 0 unspecified atom stereocenters. The summed E-state index contributed by atoms with van der Waals surface area (Å²) < 4.78 is 0.956. The average molecular weight is 459 g/mol. The van der Waals surface area contributed by atoms with Crippen LogP contribution in [-0.4, -0.2) is 28.8 Å². The third-order valence-corrected chi connectivity index (χ3v) is 5.39. The van der Waals surface area contributed by atoms with Gasteiger partial charge in [0.1, 0.15) is 6.04 Å². The van der Waals surface area contributed by atoms with Gasteiger partial charge in [-0.3, -0.25) is 9.59 Å². The van der Waals surface area contributed by atoms with Crippen LogP contribution in [0.1, 0.15) is 50.8 Å². The molecule has 0 bridgehead atoms. The van der Waals surface area contributed by atoms with Crippen molar-refractivity contribution in [2.24, 2.45) is 0 Å². The zero-order chi connectivity index (χ0) is 21.4. The number of amides is 2. The summed E-state index contributed by atoms with van der Waals surface area (Å²) >= 11 is 3.48. The minimum atomic E-state index is -0.536. The summed E-state index contributed by atoms with van der Waals surface area (Å²) in [6.07, 6.45) is 2.04. The summed E-state index contributed by atoms with van der Waals surface area (Å²) in [5, 5.41) is 2.92. The summed E-state index contributed by atoms with van der Waals surface area (Å²) in [4.78, 5) is 27.4. The van der Waals surface area contributed by atoms with Gasteiger partial charge in [-0.05, 0) is 62.4 Å². The Kier molecular flexibility index (Phi) is 8.90. The van der Waals surface area contributed by atoms with E-state index >= 15 is 0 Å². The van der Waals surface area contributed by atoms with Gasteiger partial charge in [-0.1, -0.05) is 59.3 Å². The number of hydrogen-bond donors (Lipinski definition) is 1. The fourth-order valence-electron chi connectivity index (χ4n) is 3.16. The maximum absolute atomic E-state index is 13.1. The molecule has 0 radical (unpaired) electrons. The van der Waals surface area contributed by atoms with Gasteiger partial charge in [-0.25, -0.2) is 0 Å². The molecule has 0 heterocycles. The van der Waals surface area contributed by atoms with Crippen molar-refractivity contribution in [3.8, 4) is 0 Å². The SMILES string of the molecule is CCc1ccc(CCC(=O)N(Cc2cccc(Br)c2)[C@@H](C)C(=O)NC(C)C)cc1. The number of rotatable bonds is 9. The lowest BCUT2D eigenvalue weighted by molar-refractivity contribution is -0.140. The molecule has 29 heavy (non-hydrogen) atoms. The van der Waals surface area contributed by atoms with Crippen LogP contribution < -0.4 is 5.32 Å². The molecular formula is C24H31BrN2O2. The zero-order valence-corrected chi connectivity index (χ0v) is 19.3. The molecule has 2 amide bonds. The predicted octanol–water partition coefficient (Wildman–Crippen LogP) is 4.89. The van der Waals surface area contributed by atoms with E-state index in [2.05, 4.69) is 52.4 Å². The van der Waals surface area contributed by atoms with Gasteiger partial charge in [0.2, 0.25) is 11.8 Å². The van der Waals surface area contributed by atoms with Crippen LogP contribution in [0.3, 0.4) is 0 Å². The summed E-state index contributed by atoms with van der Waals surface area (Å²) in [5.74, 6) is -0.147. The van der Waals surface area contributed by atoms with E-state index in [1.54, 1.807) is 11.8 Å². The van der Waals surface area contributed by atoms with Gasteiger partial charge < -0.3 is 10.2 Å². The van der Waals surface area contributed by atoms with Gasteiger partial charge in [0.15, 0.2) is 0 Å². The molecule has 1 N–H and O–H groups in total. The van der Waals surface area contributed by atoms with Crippen molar-refractivity contribution in [2.75, 3.05) is 0 Å². The number of nitrogens with zero attached hydrogens (tertiary/aromatic N) is 1. The largest absolute Gasteiger partial charge is 0.352 e. The van der Waals surface area contributed by atoms with E-state index in [0.29, 0.717) is 19.4 Å². The van der Waals surface area contributed by atoms with E-state index in [-0.39, 0.29) is 17.9 Å². The van der Waals surface area contributed by atoms with Crippen molar-refractivity contribution in [1.29, 1.82) is 0 Å². The van der Waals surface area contributed by atoms with Crippen LogP contribution >= 0.6 is 15.9 Å². The molecule has 4 nitrogen and oxygen atoms in total. The number of nitrogens with one attached hydrogen (secondary N) is 1. The molecule has 0 aromatic heterocycles. The van der Waals surface area contributed by atoms with Crippen LogP contribution in [0.2, 0.25) is 0 Å². The summed E-state index contributed by atoms with van der Waals surface area (Å²) in [7, 11) is 0. The molecule has 0 saturated heterocycles. The number of halogens is 1. The Morgan fingerprint density at radius 2 is 1.66 bits per heavy atom. The standard InChI is InChI=1S/C24H31BrN2O2/c1-5-19-9-11-20(12-10-19)13-14-23(28)27(18(4)24(29)26-17(2)3)16-21-7-6-8-22(25)15-21/h6-12,15,17-18H,5,13-14,16H2,1-4H3,(H,26,29)/t18-/m0/s1. The van der Waals surface area contributed by atoms with Gasteiger partial charge >= 0.3 is 0 Å². The van der Waals surface area contributed by atoms with Crippen LogP contribution in [0.25, 0.3) is 0 Å². The third kappa shape index (κ3) is 7.32. The maximum atomic E-state index is 13.1.